The molecule has 10 heavy (non-hydrogen) atoms. The van der Waals surface area contributed by atoms with Crippen molar-refractivity contribution in [3.63, 3.8) is 0 Å². The van der Waals surface area contributed by atoms with Crippen molar-refractivity contribution in [2.75, 3.05) is 0 Å². The average molecular weight is 138 g/mol. The molecule has 0 aliphatic carbocycles. The number of rotatable bonds is 1. The Morgan fingerprint density at radius 1 is 1.20 bits per heavy atom. The summed E-state index contributed by atoms with van der Waals surface area (Å²) in [5.41, 5.74) is 0. The van der Waals surface area contributed by atoms with E-state index in [4.69, 9.17) is 0 Å². The van der Waals surface area contributed by atoms with E-state index >= 15 is 0 Å². The van der Waals surface area contributed by atoms with Crippen molar-refractivity contribution < 1.29 is 0 Å². The van der Waals surface area contributed by atoms with Crippen LogP contribution < -0.4 is 0 Å². The van der Waals surface area contributed by atoms with Crippen LogP contribution in [0.1, 0.15) is 31.4 Å². The fourth-order valence-electron chi connectivity index (χ4n) is 0.588. The summed E-state index contributed by atoms with van der Waals surface area (Å²) in [7, 11) is 0. The molecule has 1 aromatic heterocycles. The number of hydrogen-bond donors (Lipinski definition) is 0. The highest BCUT2D eigenvalue weighted by atomic mass is 15.3. The van der Waals surface area contributed by atoms with Crippen LogP contribution in [0.3, 0.4) is 0 Å². The fraction of sp³-hybridized carbons (Fsp3) is 0.667. The number of aromatic nitrogens is 4. The van der Waals surface area contributed by atoms with Crippen LogP contribution in [0.2, 0.25) is 0 Å². The Morgan fingerprint density at radius 3 is 2.30 bits per heavy atom. The molecule has 1 heterocycles. The largest absolute Gasteiger partial charge is 0.214 e. The molecule has 1 rings (SSSR count). The van der Waals surface area contributed by atoms with Gasteiger partial charge in [0.2, 0.25) is 0 Å². The van der Waals surface area contributed by atoms with Crippen LogP contribution in [0.5, 0.6) is 0 Å². The summed E-state index contributed by atoms with van der Waals surface area (Å²) in [6.45, 7) is 5.85. The summed E-state index contributed by atoms with van der Waals surface area (Å²) < 4.78 is 0. The zero-order chi connectivity index (χ0) is 7.56. The minimum Gasteiger partial charge on any atom is -0.214 e. The van der Waals surface area contributed by atoms with Gasteiger partial charge in [0, 0.05) is 5.92 Å². The van der Waals surface area contributed by atoms with Crippen LogP contribution >= 0.6 is 0 Å². The van der Waals surface area contributed by atoms with E-state index in [1.54, 1.807) is 6.92 Å². The number of nitrogens with zero attached hydrogens (tertiary/aromatic N) is 4. The van der Waals surface area contributed by atoms with E-state index in [1.165, 1.54) is 0 Å². The minimum atomic E-state index is 0.328. The van der Waals surface area contributed by atoms with Crippen molar-refractivity contribution >= 4 is 0 Å². The van der Waals surface area contributed by atoms with Gasteiger partial charge in [0.1, 0.15) is 0 Å². The maximum absolute atomic E-state index is 4.09. The summed E-state index contributed by atoms with van der Waals surface area (Å²) >= 11 is 0. The van der Waals surface area contributed by atoms with E-state index < -0.39 is 0 Å². The SMILES string of the molecule is Cc1nnnc(C(C)C)n1. The van der Waals surface area contributed by atoms with Crippen molar-refractivity contribution in [2.24, 2.45) is 0 Å². The predicted molar refractivity (Wildman–Crippen MR) is 36.4 cm³/mol. The molecule has 0 radical (unpaired) electrons. The van der Waals surface area contributed by atoms with Crippen LogP contribution in [-0.2, 0) is 0 Å². The fourth-order valence-corrected chi connectivity index (χ4v) is 0.588. The van der Waals surface area contributed by atoms with Gasteiger partial charge in [-0.1, -0.05) is 13.8 Å². The first kappa shape index (κ1) is 7.05. The molecule has 0 atom stereocenters. The number of aryl methyl sites for hydroxylation is 1. The van der Waals surface area contributed by atoms with E-state index in [0.717, 1.165) is 5.82 Å². The van der Waals surface area contributed by atoms with Gasteiger partial charge in [-0.15, -0.1) is 10.2 Å². The Balaban J connectivity index is 2.96. The van der Waals surface area contributed by atoms with Gasteiger partial charge in [-0.05, 0) is 12.1 Å². The Bertz CT molecular complexity index is 221. The third kappa shape index (κ3) is 1.46. The monoisotopic (exact) mass is 138 g/mol. The Morgan fingerprint density at radius 2 is 1.90 bits per heavy atom. The van der Waals surface area contributed by atoms with Crippen LogP contribution in [0, 0.1) is 6.92 Å². The molecule has 0 saturated carbocycles. The highest BCUT2D eigenvalue weighted by Gasteiger charge is 2.02. The molecule has 0 N–H and O–H groups in total. The van der Waals surface area contributed by atoms with E-state index in [1.807, 2.05) is 13.8 Å². The summed E-state index contributed by atoms with van der Waals surface area (Å²) in [5.74, 6) is 1.76. The highest BCUT2D eigenvalue weighted by Crippen LogP contribution is 2.04. The summed E-state index contributed by atoms with van der Waals surface area (Å²) in [4.78, 5) is 4.09. The molecule has 0 saturated heterocycles. The molecule has 0 spiro atoms. The summed E-state index contributed by atoms with van der Waals surface area (Å²) in [5, 5.41) is 11.0. The maximum atomic E-state index is 4.09. The third-order valence-corrected chi connectivity index (χ3v) is 1.13. The van der Waals surface area contributed by atoms with Crippen LogP contribution in [-0.4, -0.2) is 20.4 Å². The van der Waals surface area contributed by atoms with Crippen molar-refractivity contribution in [1.29, 1.82) is 0 Å². The first-order chi connectivity index (χ1) is 4.70. The second-order valence-electron chi connectivity index (χ2n) is 2.46. The number of hydrogen-bond acceptors (Lipinski definition) is 4. The molecule has 4 heteroatoms. The zero-order valence-corrected chi connectivity index (χ0v) is 6.37. The average Bonchev–Trinajstić information content (AvgIpc) is 1.88. The topological polar surface area (TPSA) is 51.6 Å². The van der Waals surface area contributed by atoms with Crippen molar-refractivity contribution in [3.05, 3.63) is 11.6 Å². The van der Waals surface area contributed by atoms with Crippen LogP contribution in [0.15, 0.2) is 0 Å². The molecule has 0 aliphatic heterocycles. The van der Waals surface area contributed by atoms with Gasteiger partial charge in [0.05, 0.1) is 0 Å². The zero-order valence-electron chi connectivity index (χ0n) is 6.37. The predicted octanol–water partition coefficient (Wildman–Crippen LogP) is 0.698. The molecule has 4 nitrogen and oxygen atoms in total. The second-order valence-corrected chi connectivity index (χ2v) is 2.46. The molecular formula is C6H10N4. The smallest absolute Gasteiger partial charge is 0.157 e. The van der Waals surface area contributed by atoms with Gasteiger partial charge >= 0.3 is 0 Å². The van der Waals surface area contributed by atoms with Gasteiger partial charge in [-0.3, -0.25) is 0 Å². The van der Waals surface area contributed by atoms with Gasteiger partial charge in [0.15, 0.2) is 11.6 Å². The molecule has 54 valence electrons. The lowest BCUT2D eigenvalue weighted by Gasteiger charge is -1.99. The lowest BCUT2D eigenvalue weighted by atomic mass is 10.2. The van der Waals surface area contributed by atoms with Crippen LogP contribution in [0.4, 0.5) is 0 Å². The first-order valence-corrected chi connectivity index (χ1v) is 3.24. The summed E-state index contributed by atoms with van der Waals surface area (Å²) in [6, 6.07) is 0. The van der Waals surface area contributed by atoms with Gasteiger partial charge in [-0.2, -0.15) is 0 Å². The Hall–Kier alpha value is -1.06. The lowest BCUT2D eigenvalue weighted by molar-refractivity contribution is 0.671. The van der Waals surface area contributed by atoms with Gasteiger partial charge < -0.3 is 0 Å². The van der Waals surface area contributed by atoms with Crippen molar-refractivity contribution in [3.8, 4) is 0 Å². The van der Waals surface area contributed by atoms with E-state index in [9.17, 15) is 0 Å². The molecule has 0 unspecified atom stereocenters. The lowest BCUT2D eigenvalue weighted by Crippen LogP contribution is -2.03. The molecule has 0 aromatic carbocycles. The Kier molecular flexibility index (Phi) is 1.89. The Labute approximate surface area is 59.7 Å². The van der Waals surface area contributed by atoms with Crippen molar-refractivity contribution in [2.45, 2.75) is 26.7 Å². The molecule has 0 bridgehead atoms. The molecular weight excluding hydrogens is 128 g/mol. The van der Waals surface area contributed by atoms with E-state index in [2.05, 4.69) is 20.4 Å². The molecule has 0 aliphatic rings. The minimum absolute atomic E-state index is 0.328. The summed E-state index contributed by atoms with van der Waals surface area (Å²) in [6.07, 6.45) is 0. The second kappa shape index (κ2) is 2.68. The van der Waals surface area contributed by atoms with Crippen molar-refractivity contribution in [1.82, 2.24) is 20.4 Å². The van der Waals surface area contributed by atoms with E-state index in [0.29, 0.717) is 11.7 Å². The molecule has 0 amide bonds. The van der Waals surface area contributed by atoms with Crippen LogP contribution in [0.25, 0.3) is 0 Å². The highest BCUT2D eigenvalue weighted by molar-refractivity contribution is 4.89. The molecule has 1 aromatic rings. The molecule has 0 fully saturated rings. The first-order valence-electron chi connectivity index (χ1n) is 3.24. The standard InChI is InChI=1S/C6H10N4/c1-4(2)6-7-5(3)8-10-9-6/h4H,1-3H3. The quantitative estimate of drug-likeness (QED) is 0.573. The normalized spacial score (nSPS) is 10.4. The van der Waals surface area contributed by atoms with Gasteiger partial charge in [0.25, 0.3) is 0 Å². The van der Waals surface area contributed by atoms with E-state index in [-0.39, 0.29) is 0 Å². The third-order valence-electron chi connectivity index (χ3n) is 1.13. The van der Waals surface area contributed by atoms with Gasteiger partial charge in [-0.25, -0.2) is 4.98 Å². The maximum Gasteiger partial charge on any atom is 0.157 e.